The van der Waals surface area contributed by atoms with E-state index in [9.17, 15) is 13.2 Å². The highest BCUT2D eigenvalue weighted by atomic mass is 32.2. The smallest absolute Gasteiger partial charge is 0.225 e. The summed E-state index contributed by atoms with van der Waals surface area (Å²) in [6.45, 7) is 1.58. The van der Waals surface area contributed by atoms with Gasteiger partial charge in [-0.25, -0.2) is 18.4 Å². The molecule has 8 heteroatoms. The Morgan fingerprint density at radius 1 is 1.18 bits per heavy atom. The van der Waals surface area contributed by atoms with Crippen LogP contribution in [-0.4, -0.2) is 54.9 Å². The summed E-state index contributed by atoms with van der Waals surface area (Å²) in [7, 11) is -3.01. The van der Waals surface area contributed by atoms with Gasteiger partial charge in [0.05, 0.1) is 17.4 Å². The molecule has 2 aliphatic rings. The topological polar surface area (TPSA) is 92.3 Å². The normalized spacial score (nSPS) is 25.1. The van der Waals surface area contributed by atoms with Crippen molar-refractivity contribution < 1.29 is 13.2 Å². The average molecular weight is 324 g/mol. The van der Waals surface area contributed by atoms with Gasteiger partial charge in [0.1, 0.15) is 0 Å². The summed E-state index contributed by atoms with van der Waals surface area (Å²) in [5, 5.41) is 3.00. The van der Waals surface area contributed by atoms with Crippen molar-refractivity contribution in [2.75, 3.05) is 29.5 Å². The van der Waals surface area contributed by atoms with Crippen LogP contribution in [0, 0.1) is 5.92 Å². The molecule has 0 unspecified atom stereocenters. The molecular formula is C14H20N4O3S. The second-order valence-electron chi connectivity index (χ2n) is 5.92. The van der Waals surface area contributed by atoms with Gasteiger partial charge in [-0.2, -0.15) is 0 Å². The first-order valence-electron chi connectivity index (χ1n) is 7.56. The molecule has 3 rings (SSSR count). The molecule has 0 bridgehead atoms. The number of nitrogens with one attached hydrogen (secondary N) is 1. The van der Waals surface area contributed by atoms with Gasteiger partial charge in [0.25, 0.3) is 0 Å². The number of nitrogens with zero attached hydrogens (tertiary/aromatic N) is 3. The summed E-state index contributed by atoms with van der Waals surface area (Å²) in [6, 6.07) is 1.89. The minimum Gasteiger partial charge on any atom is -0.353 e. The Labute approximate surface area is 130 Å². The number of rotatable bonds is 3. The molecule has 22 heavy (non-hydrogen) atoms. The maximum atomic E-state index is 12.1. The molecule has 0 radical (unpaired) electrons. The van der Waals surface area contributed by atoms with Crippen LogP contribution in [0.4, 0.5) is 5.95 Å². The van der Waals surface area contributed by atoms with Crippen molar-refractivity contribution in [3.05, 3.63) is 18.5 Å². The molecule has 2 saturated heterocycles. The molecule has 1 aromatic heterocycles. The maximum Gasteiger partial charge on any atom is 0.225 e. The van der Waals surface area contributed by atoms with E-state index < -0.39 is 9.84 Å². The lowest BCUT2D eigenvalue weighted by Crippen LogP contribution is -2.47. The number of anilines is 1. The monoisotopic (exact) mass is 324 g/mol. The van der Waals surface area contributed by atoms with Crippen molar-refractivity contribution in [1.82, 2.24) is 15.3 Å². The Hall–Kier alpha value is -1.70. The van der Waals surface area contributed by atoms with Crippen LogP contribution in [0.25, 0.3) is 0 Å². The van der Waals surface area contributed by atoms with Crippen molar-refractivity contribution in [2.45, 2.75) is 25.3 Å². The van der Waals surface area contributed by atoms with Crippen molar-refractivity contribution in [3.8, 4) is 0 Å². The van der Waals surface area contributed by atoms with Gasteiger partial charge in [-0.1, -0.05) is 0 Å². The average Bonchev–Trinajstić information content (AvgIpc) is 2.89. The number of piperidine rings is 1. The van der Waals surface area contributed by atoms with E-state index in [0.717, 1.165) is 25.9 Å². The SMILES string of the molecule is O=C(NC1CCN(c2ncccn2)CC1)[C@@H]1CCS(=O)(=O)C1. The summed E-state index contributed by atoms with van der Waals surface area (Å²) < 4.78 is 22.9. The quantitative estimate of drug-likeness (QED) is 0.841. The van der Waals surface area contributed by atoms with Gasteiger partial charge in [0.15, 0.2) is 9.84 Å². The fourth-order valence-electron chi connectivity index (χ4n) is 3.00. The molecule has 1 amide bonds. The molecule has 2 fully saturated rings. The molecular weight excluding hydrogens is 304 g/mol. The lowest BCUT2D eigenvalue weighted by atomic mass is 10.0. The highest BCUT2D eigenvalue weighted by molar-refractivity contribution is 7.91. The minimum atomic E-state index is -3.01. The zero-order valence-electron chi connectivity index (χ0n) is 12.3. The first-order valence-corrected chi connectivity index (χ1v) is 9.38. The molecule has 0 spiro atoms. The van der Waals surface area contributed by atoms with Gasteiger partial charge in [-0.15, -0.1) is 0 Å². The van der Waals surface area contributed by atoms with E-state index in [4.69, 9.17) is 0 Å². The van der Waals surface area contributed by atoms with Crippen molar-refractivity contribution in [3.63, 3.8) is 0 Å². The molecule has 120 valence electrons. The van der Waals surface area contributed by atoms with E-state index in [0.29, 0.717) is 12.4 Å². The summed E-state index contributed by atoms with van der Waals surface area (Å²) >= 11 is 0. The van der Waals surface area contributed by atoms with Crippen LogP contribution < -0.4 is 10.2 Å². The van der Waals surface area contributed by atoms with Crippen LogP contribution in [-0.2, 0) is 14.6 Å². The van der Waals surface area contributed by atoms with Crippen LogP contribution >= 0.6 is 0 Å². The minimum absolute atomic E-state index is 0.00443. The van der Waals surface area contributed by atoms with Crippen LogP contribution in [0.3, 0.4) is 0 Å². The third-order valence-electron chi connectivity index (χ3n) is 4.28. The second kappa shape index (κ2) is 6.20. The van der Waals surface area contributed by atoms with Crippen LogP contribution in [0.5, 0.6) is 0 Å². The summed E-state index contributed by atoms with van der Waals surface area (Å²) in [5.74, 6) is 0.356. The Kier molecular flexibility index (Phi) is 4.28. The summed E-state index contributed by atoms with van der Waals surface area (Å²) in [4.78, 5) is 22.7. The van der Waals surface area contributed by atoms with E-state index in [2.05, 4.69) is 20.2 Å². The van der Waals surface area contributed by atoms with Gasteiger partial charge in [-0.05, 0) is 25.3 Å². The van der Waals surface area contributed by atoms with Crippen molar-refractivity contribution in [1.29, 1.82) is 0 Å². The molecule has 0 aliphatic carbocycles. The lowest BCUT2D eigenvalue weighted by Gasteiger charge is -2.32. The van der Waals surface area contributed by atoms with Crippen molar-refractivity contribution in [2.24, 2.45) is 5.92 Å². The van der Waals surface area contributed by atoms with E-state index >= 15 is 0 Å². The van der Waals surface area contributed by atoms with Gasteiger partial charge in [0.2, 0.25) is 11.9 Å². The summed E-state index contributed by atoms with van der Waals surface area (Å²) in [5.41, 5.74) is 0. The van der Waals surface area contributed by atoms with Crippen LogP contribution in [0.1, 0.15) is 19.3 Å². The Morgan fingerprint density at radius 3 is 2.45 bits per heavy atom. The number of carbonyl (C=O) groups excluding carboxylic acids is 1. The Morgan fingerprint density at radius 2 is 1.86 bits per heavy atom. The number of aromatic nitrogens is 2. The molecule has 0 aromatic carbocycles. The number of amides is 1. The van der Waals surface area contributed by atoms with Gasteiger partial charge in [0, 0.05) is 31.5 Å². The Bertz CT molecular complexity index is 627. The maximum absolute atomic E-state index is 12.1. The number of hydrogen-bond donors (Lipinski definition) is 1. The highest BCUT2D eigenvalue weighted by Crippen LogP contribution is 2.20. The molecule has 3 heterocycles. The Balaban J connectivity index is 1.49. The fraction of sp³-hybridized carbons (Fsp3) is 0.643. The van der Waals surface area contributed by atoms with Crippen LogP contribution in [0.15, 0.2) is 18.5 Å². The highest BCUT2D eigenvalue weighted by Gasteiger charge is 2.34. The van der Waals surface area contributed by atoms with E-state index in [-0.39, 0.29) is 29.4 Å². The molecule has 1 atom stereocenters. The number of carbonyl (C=O) groups is 1. The van der Waals surface area contributed by atoms with Gasteiger partial charge in [-0.3, -0.25) is 4.79 Å². The molecule has 2 aliphatic heterocycles. The predicted octanol–water partition coefficient (Wildman–Crippen LogP) is -0.00370. The third kappa shape index (κ3) is 3.55. The van der Waals surface area contributed by atoms with E-state index in [1.54, 1.807) is 18.5 Å². The molecule has 0 saturated carbocycles. The number of sulfone groups is 1. The van der Waals surface area contributed by atoms with Crippen LogP contribution in [0.2, 0.25) is 0 Å². The fourth-order valence-corrected chi connectivity index (χ4v) is 4.74. The van der Waals surface area contributed by atoms with Gasteiger partial charge >= 0.3 is 0 Å². The largest absolute Gasteiger partial charge is 0.353 e. The third-order valence-corrected chi connectivity index (χ3v) is 6.05. The predicted molar refractivity (Wildman–Crippen MR) is 82.2 cm³/mol. The van der Waals surface area contributed by atoms with E-state index in [1.165, 1.54) is 0 Å². The molecule has 1 N–H and O–H groups in total. The molecule has 7 nitrogen and oxygen atoms in total. The second-order valence-corrected chi connectivity index (χ2v) is 8.15. The van der Waals surface area contributed by atoms with E-state index in [1.807, 2.05) is 0 Å². The zero-order valence-corrected chi connectivity index (χ0v) is 13.1. The standard InChI is InChI=1S/C14H20N4O3S/c19-13(11-4-9-22(20,21)10-11)17-12-2-7-18(8-3-12)14-15-5-1-6-16-14/h1,5-6,11-12H,2-4,7-10H2,(H,17,19)/t11-/m1/s1. The van der Waals surface area contributed by atoms with Crippen molar-refractivity contribution >= 4 is 21.7 Å². The van der Waals surface area contributed by atoms with Gasteiger partial charge < -0.3 is 10.2 Å². The lowest BCUT2D eigenvalue weighted by molar-refractivity contribution is -0.125. The first kappa shape index (κ1) is 15.2. The molecule has 1 aromatic rings. The number of hydrogen-bond acceptors (Lipinski definition) is 6. The summed E-state index contributed by atoms with van der Waals surface area (Å²) in [6.07, 6.45) is 5.53. The zero-order chi connectivity index (χ0) is 15.6. The first-order chi connectivity index (χ1) is 10.5.